The first-order chi connectivity index (χ1) is 13.0. The number of rotatable bonds is 4. The van der Waals surface area contributed by atoms with E-state index in [0.717, 1.165) is 54.3 Å². The number of aryl methyl sites for hydroxylation is 1. The summed E-state index contributed by atoms with van der Waals surface area (Å²) in [5, 5.41) is 10.8. The lowest BCUT2D eigenvalue weighted by atomic mass is 10.2. The molecule has 1 aliphatic rings. The van der Waals surface area contributed by atoms with Crippen molar-refractivity contribution >= 4 is 34.6 Å². The smallest absolute Gasteiger partial charge is 0.269 e. The molecule has 140 valence electrons. The third kappa shape index (κ3) is 3.33. The maximum Gasteiger partial charge on any atom is 0.269 e. The Kier molecular flexibility index (Phi) is 4.67. The van der Waals surface area contributed by atoms with Gasteiger partial charge in [-0.1, -0.05) is 12.1 Å². The lowest BCUT2D eigenvalue weighted by Gasteiger charge is -2.36. The molecule has 0 aliphatic carbocycles. The van der Waals surface area contributed by atoms with Crippen LogP contribution < -0.4 is 4.90 Å². The number of anilines is 1. The molecule has 2 aromatic carbocycles. The van der Waals surface area contributed by atoms with Crippen LogP contribution in [0.1, 0.15) is 0 Å². The standard InChI is InChI=1S/C19H21N5O2S/c1-20-17-4-2-3-5-18(17)23(19(20)27)14-21-10-12-22(13-11-21)15-6-8-16(9-7-15)24(25)26/h2-9H,10-14H2,1H3. The number of hydrogen-bond donors (Lipinski definition) is 0. The number of piperazine rings is 1. The summed E-state index contributed by atoms with van der Waals surface area (Å²) in [6.45, 7) is 4.38. The van der Waals surface area contributed by atoms with Gasteiger partial charge in [-0.05, 0) is 36.5 Å². The Morgan fingerprint density at radius 3 is 2.26 bits per heavy atom. The Labute approximate surface area is 162 Å². The minimum Gasteiger partial charge on any atom is -0.369 e. The highest BCUT2D eigenvalue weighted by atomic mass is 32.1. The summed E-state index contributed by atoms with van der Waals surface area (Å²) < 4.78 is 5.07. The van der Waals surface area contributed by atoms with Crippen LogP contribution in [0, 0.1) is 14.9 Å². The van der Waals surface area contributed by atoms with Gasteiger partial charge in [-0.25, -0.2) is 0 Å². The van der Waals surface area contributed by atoms with Crippen LogP contribution in [0.3, 0.4) is 0 Å². The largest absolute Gasteiger partial charge is 0.369 e. The van der Waals surface area contributed by atoms with E-state index in [0.29, 0.717) is 0 Å². The predicted octanol–water partition coefficient (Wildman–Crippen LogP) is 3.40. The van der Waals surface area contributed by atoms with Crippen LogP contribution in [0.15, 0.2) is 48.5 Å². The molecule has 0 spiro atoms. The zero-order valence-electron chi connectivity index (χ0n) is 15.1. The minimum absolute atomic E-state index is 0.128. The Morgan fingerprint density at radius 1 is 1.00 bits per heavy atom. The van der Waals surface area contributed by atoms with E-state index in [9.17, 15) is 10.1 Å². The second kappa shape index (κ2) is 7.13. The van der Waals surface area contributed by atoms with E-state index in [1.807, 2.05) is 31.3 Å². The van der Waals surface area contributed by atoms with Crippen LogP contribution in [-0.4, -0.2) is 45.1 Å². The average molecular weight is 383 g/mol. The van der Waals surface area contributed by atoms with Crippen LogP contribution in [-0.2, 0) is 13.7 Å². The molecule has 0 amide bonds. The van der Waals surface area contributed by atoms with Crippen molar-refractivity contribution in [3.05, 3.63) is 63.4 Å². The third-order valence-electron chi connectivity index (χ3n) is 5.19. The van der Waals surface area contributed by atoms with Gasteiger partial charge >= 0.3 is 0 Å². The molecule has 0 unspecified atom stereocenters. The molecule has 1 aromatic heterocycles. The average Bonchev–Trinajstić information content (AvgIpc) is 2.94. The fourth-order valence-electron chi connectivity index (χ4n) is 3.63. The minimum atomic E-state index is -0.366. The number of nitro groups is 1. The Morgan fingerprint density at radius 2 is 1.63 bits per heavy atom. The highest BCUT2D eigenvalue weighted by Crippen LogP contribution is 2.22. The second-order valence-electron chi connectivity index (χ2n) is 6.78. The van der Waals surface area contributed by atoms with Crippen molar-refractivity contribution in [3.8, 4) is 0 Å². The molecule has 2 heterocycles. The van der Waals surface area contributed by atoms with Gasteiger partial charge in [0, 0.05) is 51.0 Å². The van der Waals surface area contributed by atoms with Crippen molar-refractivity contribution in [2.45, 2.75) is 6.67 Å². The highest BCUT2D eigenvalue weighted by Gasteiger charge is 2.19. The number of para-hydroxylation sites is 2. The van der Waals surface area contributed by atoms with Gasteiger partial charge in [-0.2, -0.15) is 0 Å². The summed E-state index contributed by atoms with van der Waals surface area (Å²) in [7, 11) is 2.01. The van der Waals surface area contributed by atoms with E-state index in [2.05, 4.69) is 31.1 Å². The summed E-state index contributed by atoms with van der Waals surface area (Å²) in [5.74, 6) is 0. The van der Waals surface area contributed by atoms with E-state index < -0.39 is 0 Å². The number of hydrogen-bond acceptors (Lipinski definition) is 5. The van der Waals surface area contributed by atoms with Gasteiger partial charge in [0.25, 0.3) is 5.69 Å². The van der Waals surface area contributed by atoms with E-state index in [1.54, 1.807) is 12.1 Å². The van der Waals surface area contributed by atoms with Gasteiger partial charge in [0.15, 0.2) is 4.77 Å². The zero-order chi connectivity index (χ0) is 19.0. The third-order valence-corrected chi connectivity index (χ3v) is 5.69. The van der Waals surface area contributed by atoms with Crippen molar-refractivity contribution in [3.63, 3.8) is 0 Å². The summed E-state index contributed by atoms with van der Waals surface area (Å²) >= 11 is 5.63. The molecule has 0 bridgehead atoms. The van der Waals surface area contributed by atoms with Crippen molar-refractivity contribution < 1.29 is 4.92 Å². The molecule has 1 aliphatic heterocycles. The lowest BCUT2D eigenvalue weighted by Crippen LogP contribution is -2.46. The first kappa shape index (κ1) is 17.7. The monoisotopic (exact) mass is 383 g/mol. The summed E-state index contributed by atoms with van der Waals surface area (Å²) in [4.78, 5) is 15.1. The first-order valence-corrected chi connectivity index (χ1v) is 9.31. The molecule has 0 saturated carbocycles. The van der Waals surface area contributed by atoms with Crippen LogP contribution in [0.4, 0.5) is 11.4 Å². The Hall–Kier alpha value is -2.71. The van der Waals surface area contributed by atoms with Crippen molar-refractivity contribution in [1.82, 2.24) is 14.0 Å². The van der Waals surface area contributed by atoms with E-state index in [4.69, 9.17) is 12.2 Å². The molecule has 3 aromatic rings. The van der Waals surface area contributed by atoms with Crippen LogP contribution >= 0.6 is 12.2 Å². The number of nitrogens with zero attached hydrogens (tertiary/aromatic N) is 5. The fourth-order valence-corrected chi connectivity index (χ4v) is 3.89. The van der Waals surface area contributed by atoms with Gasteiger partial charge < -0.3 is 14.0 Å². The molecule has 8 heteroatoms. The molecular weight excluding hydrogens is 362 g/mol. The fraction of sp³-hybridized carbons (Fsp3) is 0.316. The summed E-state index contributed by atoms with van der Waals surface area (Å²) in [6.07, 6.45) is 0. The maximum atomic E-state index is 10.8. The number of benzene rings is 2. The lowest BCUT2D eigenvalue weighted by molar-refractivity contribution is -0.384. The molecule has 0 atom stereocenters. The SMILES string of the molecule is Cn1c(=S)n(CN2CCN(c3ccc([N+](=O)[O-])cc3)CC2)c2ccccc21. The van der Waals surface area contributed by atoms with Crippen molar-refractivity contribution in [1.29, 1.82) is 0 Å². The summed E-state index contributed by atoms with van der Waals surface area (Å²) in [6, 6.07) is 15.1. The second-order valence-corrected chi connectivity index (χ2v) is 7.14. The Bertz CT molecular complexity index is 1030. The molecule has 7 nitrogen and oxygen atoms in total. The van der Waals surface area contributed by atoms with Gasteiger partial charge in [0.1, 0.15) is 0 Å². The molecule has 1 fully saturated rings. The molecule has 4 rings (SSSR count). The number of non-ortho nitro benzene ring substituents is 1. The number of fused-ring (bicyclic) bond motifs is 1. The number of imidazole rings is 1. The molecular formula is C19H21N5O2S. The molecule has 1 saturated heterocycles. The number of aromatic nitrogens is 2. The van der Waals surface area contributed by atoms with E-state index in [-0.39, 0.29) is 10.6 Å². The zero-order valence-corrected chi connectivity index (χ0v) is 15.9. The Balaban J connectivity index is 1.45. The molecule has 27 heavy (non-hydrogen) atoms. The van der Waals surface area contributed by atoms with E-state index in [1.165, 1.54) is 0 Å². The van der Waals surface area contributed by atoms with Crippen LogP contribution in [0.25, 0.3) is 11.0 Å². The van der Waals surface area contributed by atoms with E-state index >= 15 is 0 Å². The predicted molar refractivity (Wildman–Crippen MR) is 109 cm³/mol. The van der Waals surface area contributed by atoms with Crippen LogP contribution in [0.5, 0.6) is 0 Å². The van der Waals surface area contributed by atoms with Crippen molar-refractivity contribution in [2.24, 2.45) is 7.05 Å². The first-order valence-electron chi connectivity index (χ1n) is 8.90. The quantitative estimate of drug-likeness (QED) is 0.393. The summed E-state index contributed by atoms with van der Waals surface area (Å²) in [5.41, 5.74) is 3.46. The normalized spacial score (nSPS) is 15.4. The van der Waals surface area contributed by atoms with Crippen LogP contribution in [0.2, 0.25) is 0 Å². The van der Waals surface area contributed by atoms with Crippen molar-refractivity contribution in [2.75, 3.05) is 31.1 Å². The molecule has 0 radical (unpaired) electrons. The van der Waals surface area contributed by atoms with Gasteiger partial charge in [-0.15, -0.1) is 0 Å². The topological polar surface area (TPSA) is 59.5 Å². The van der Waals surface area contributed by atoms with Gasteiger partial charge in [0.2, 0.25) is 0 Å². The van der Waals surface area contributed by atoms with Gasteiger partial charge in [-0.3, -0.25) is 15.0 Å². The number of nitro benzene ring substituents is 1. The molecule has 0 N–H and O–H groups in total. The van der Waals surface area contributed by atoms with Gasteiger partial charge in [0.05, 0.1) is 22.6 Å². The highest BCUT2D eigenvalue weighted by molar-refractivity contribution is 7.71. The maximum absolute atomic E-state index is 10.8.